The largest absolute Gasteiger partial charge is 0.306 e. The van der Waals surface area contributed by atoms with Crippen molar-refractivity contribution in [3.8, 4) is 11.8 Å². The molecule has 1 rings (SSSR count). The lowest BCUT2D eigenvalue weighted by Gasteiger charge is -1.92. The Kier molecular flexibility index (Phi) is 3.03. The number of nitro groups is 1. The summed E-state index contributed by atoms with van der Waals surface area (Å²) in [4.78, 5) is 9.81. The van der Waals surface area contributed by atoms with Crippen LogP contribution in [0.5, 0.6) is 0 Å². The van der Waals surface area contributed by atoms with Gasteiger partial charge in [0.15, 0.2) is 0 Å². The standard InChI is InChI=1S/C8H9N3O2/c1-2-3-4-5-10-7-8(6-9-10)11(12)13/h6-7H,4-5H2,1H3. The van der Waals surface area contributed by atoms with E-state index in [1.807, 2.05) is 0 Å². The van der Waals surface area contributed by atoms with Crippen LogP contribution in [-0.4, -0.2) is 14.7 Å². The smallest absolute Gasteiger partial charge is 0.265 e. The molecule has 0 bridgehead atoms. The van der Waals surface area contributed by atoms with E-state index in [0.29, 0.717) is 13.0 Å². The molecule has 0 N–H and O–H groups in total. The van der Waals surface area contributed by atoms with Crippen molar-refractivity contribution in [3.05, 3.63) is 22.5 Å². The Morgan fingerprint density at radius 3 is 3.08 bits per heavy atom. The zero-order valence-corrected chi connectivity index (χ0v) is 7.23. The monoisotopic (exact) mass is 179 g/mol. The molecule has 1 aromatic rings. The van der Waals surface area contributed by atoms with Crippen LogP contribution in [0.4, 0.5) is 5.69 Å². The highest BCUT2D eigenvalue weighted by atomic mass is 16.6. The van der Waals surface area contributed by atoms with Gasteiger partial charge in [-0.1, -0.05) is 0 Å². The number of aromatic nitrogens is 2. The number of hydrogen-bond acceptors (Lipinski definition) is 3. The van der Waals surface area contributed by atoms with Crippen LogP contribution >= 0.6 is 0 Å². The van der Waals surface area contributed by atoms with Crippen LogP contribution in [-0.2, 0) is 6.54 Å². The van der Waals surface area contributed by atoms with Gasteiger partial charge in [-0.15, -0.1) is 11.8 Å². The molecular formula is C8H9N3O2. The Hall–Kier alpha value is -1.83. The minimum absolute atomic E-state index is 0.0180. The fourth-order valence-electron chi connectivity index (χ4n) is 0.865. The Bertz CT molecular complexity index is 359. The van der Waals surface area contributed by atoms with E-state index >= 15 is 0 Å². The molecule has 0 atom stereocenters. The lowest BCUT2D eigenvalue weighted by atomic mass is 10.4. The summed E-state index contributed by atoms with van der Waals surface area (Å²) < 4.78 is 1.52. The van der Waals surface area contributed by atoms with E-state index in [1.54, 1.807) is 6.92 Å². The zero-order chi connectivity index (χ0) is 9.68. The summed E-state index contributed by atoms with van der Waals surface area (Å²) >= 11 is 0. The molecule has 0 aromatic carbocycles. The second-order valence-electron chi connectivity index (χ2n) is 2.40. The van der Waals surface area contributed by atoms with Gasteiger partial charge >= 0.3 is 5.69 Å². The summed E-state index contributed by atoms with van der Waals surface area (Å²) in [5.41, 5.74) is 0.0180. The van der Waals surface area contributed by atoms with Crippen molar-refractivity contribution in [3.63, 3.8) is 0 Å². The summed E-state index contributed by atoms with van der Waals surface area (Å²) in [6, 6.07) is 0. The van der Waals surface area contributed by atoms with Gasteiger partial charge in [0, 0.05) is 6.42 Å². The minimum Gasteiger partial charge on any atom is -0.265 e. The molecule has 0 saturated heterocycles. The predicted molar refractivity (Wildman–Crippen MR) is 46.9 cm³/mol. The zero-order valence-electron chi connectivity index (χ0n) is 7.23. The van der Waals surface area contributed by atoms with Crippen LogP contribution in [0.3, 0.4) is 0 Å². The molecule has 5 heteroatoms. The van der Waals surface area contributed by atoms with Gasteiger partial charge in [0.1, 0.15) is 12.4 Å². The van der Waals surface area contributed by atoms with E-state index in [1.165, 1.54) is 17.1 Å². The summed E-state index contributed by atoms with van der Waals surface area (Å²) in [5, 5.41) is 14.1. The van der Waals surface area contributed by atoms with E-state index in [-0.39, 0.29) is 5.69 Å². The third-order valence-electron chi connectivity index (χ3n) is 1.47. The van der Waals surface area contributed by atoms with Gasteiger partial charge in [-0.3, -0.25) is 14.8 Å². The van der Waals surface area contributed by atoms with Crippen molar-refractivity contribution in [1.82, 2.24) is 9.78 Å². The van der Waals surface area contributed by atoms with Crippen LogP contribution in [0.2, 0.25) is 0 Å². The summed E-state index contributed by atoms with van der Waals surface area (Å²) in [5.74, 6) is 5.60. The first kappa shape index (κ1) is 9.26. The van der Waals surface area contributed by atoms with Crippen LogP contribution in [0.15, 0.2) is 12.4 Å². The van der Waals surface area contributed by atoms with Gasteiger partial charge in [-0.05, 0) is 6.92 Å². The molecule has 13 heavy (non-hydrogen) atoms. The first-order valence-electron chi connectivity index (χ1n) is 3.80. The highest BCUT2D eigenvalue weighted by molar-refractivity contribution is 5.20. The molecule has 0 amide bonds. The van der Waals surface area contributed by atoms with Gasteiger partial charge < -0.3 is 0 Å². The molecule has 0 saturated carbocycles. The predicted octanol–water partition coefficient (Wildman–Crippen LogP) is 1.20. The Morgan fingerprint density at radius 1 is 1.77 bits per heavy atom. The fraction of sp³-hybridized carbons (Fsp3) is 0.375. The fourth-order valence-corrected chi connectivity index (χ4v) is 0.865. The van der Waals surface area contributed by atoms with Gasteiger partial charge in [0.2, 0.25) is 0 Å². The van der Waals surface area contributed by atoms with E-state index in [9.17, 15) is 10.1 Å². The van der Waals surface area contributed by atoms with Gasteiger partial charge in [0.25, 0.3) is 0 Å². The van der Waals surface area contributed by atoms with Gasteiger partial charge in [-0.2, -0.15) is 5.10 Å². The third kappa shape index (κ3) is 2.60. The maximum Gasteiger partial charge on any atom is 0.306 e. The molecule has 5 nitrogen and oxygen atoms in total. The highest BCUT2D eigenvalue weighted by Gasteiger charge is 2.07. The Labute approximate surface area is 75.5 Å². The van der Waals surface area contributed by atoms with Crippen molar-refractivity contribution < 1.29 is 4.92 Å². The van der Waals surface area contributed by atoms with E-state index in [4.69, 9.17) is 0 Å². The second kappa shape index (κ2) is 4.26. The summed E-state index contributed by atoms with van der Waals surface area (Å²) in [6.45, 7) is 2.35. The number of rotatable bonds is 3. The van der Waals surface area contributed by atoms with Gasteiger partial charge in [-0.25, -0.2) is 0 Å². The summed E-state index contributed by atoms with van der Waals surface area (Å²) in [7, 11) is 0. The number of hydrogen-bond donors (Lipinski definition) is 0. The maximum absolute atomic E-state index is 10.3. The van der Waals surface area contributed by atoms with Crippen molar-refractivity contribution in [2.24, 2.45) is 0 Å². The SMILES string of the molecule is CC#CCCn1cc([N+](=O)[O-])cn1. The third-order valence-corrected chi connectivity index (χ3v) is 1.47. The van der Waals surface area contributed by atoms with Gasteiger partial charge in [0.05, 0.1) is 11.5 Å². The lowest BCUT2D eigenvalue weighted by molar-refractivity contribution is -0.385. The van der Waals surface area contributed by atoms with Crippen LogP contribution < -0.4 is 0 Å². The van der Waals surface area contributed by atoms with E-state index < -0.39 is 4.92 Å². The molecule has 0 fully saturated rings. The second-order valence-corrected chi connectivity index (χ2v) is 2.40. The quantitative estimate of drug-likeness (QED) is 0.398. The lowest BCUT2D eigenvalue weighted by Crippen LogP contribution is -1.96. The molecule has 1 heterocycles. The number of nitrogens with zero attached hydrogens (tertiary/aromatic N) is 3. The van der Waals surface area contributed by atoms with Crippen LogP contribution in [0.25, 0.3) is 0 Å². The van der Waals surface area contributed by atoms with Crippen molar-refractivity contribution in [2.45, 2.75) is 19.9 Å². The molecule has 0 radical (unpaired) electrons. The first-order chi connectivity index (χ1) is 6.24. The molecule has 0 aliphatic carbocycles. The molecule has 1 aromatic heterocycles. The minimum atomic E-state index is -0.463. The molecule has 0 aliphatic heterocycles. The molecule has 0 unspecified atom stereocenters. The Balaban J connectivity index is 2.57. The van der Waals surface area contributed by atoms with Crippen molar-refractivity contribution in [2.75, 3.05) is 0 Å². The molecule has 0 aliphatic rings. The van der Waals surface area contributed by atoms with Crippen molar-refractivity contribution in [1.29, 1.82) is 0 Å². The first-order valence-corrected chi connectivity index (χ1v) is 3.80. The highest BCUT2D eigenvalue weighted by Crippen LogP contribution is 2.07. The summed E-state index contributed by atoms with van der Waals surface area (Å²) in [6.07, 6.45) is 3.30. The van der Waals surface area contributed by atoms with E-state index in [0.717, 1.165) is 0 Å². The Morgan fingerprint density at radius 2 is 2.54 bits per heavy atom. The topological polar surface area (TPSA) is 61.0 Å². The molecule has 68 valence electrons. The molecule has 0 spiro atoms. The van der Waals surface area contributed by atoms with Crippen LogP contribution in [0, 0.1) is 22.0 Å². The maximum atomic E-state index is 10.3. The number of aryl methyl sites for hydroxylation is 1. The van der Waals surface area contributed by atoms with Crippen molar-refractivity contribution >= 4 is 5.69 Å². The van der Waals surface area contributed by atoms with E-state index in [2.05, 4.69) is 16.9 Å². The average molecular weight is 179 g/mol. The average Bonchev–Trinajstić information content (AvgIpc) is 2.53. The van der Waals surface area contributed by atoms with Crippen LogP contribution in [0.1, 0.15) is 13.3 Å². The molecular weight excluding hydrogens is 170 g/mol. The normalized spacial score (nSPS) is 9.00.